The lowest BCUT2D eigenvalue weighted by atomic mass is 9.91. The number of hydrogen-bond acceptors (Lipinski definition) is 3. The number of hydrogen-bond donors (Lipinski definition) is 1. The summed E-state index contributed by atoms with van der Waals surface area (Å²) in [5, 5.41) is 8.88. The first-order valence-corrected chi connectivity index (χ1v) is 6.91. The molecular weight excluding hydrogens is 301 g/mol. The average Bonchev–Trinajstić information content (AvgIpc) is 2.35. The topological polar surface area (TPSA) is 66.8 Å². The summed E-state index contributed by atoms with van der Waals surface area (Å²) in [6.07, 6.45) is -0.682. The molecule has 7 heteroatoms. The van der Waals surface area contributed by atoms with E-state index in [1.165, 1.54) is 13.0 Å². The van der Waals surface area contributed by atoms with Crippen LogP contribution in [0.1, 0.15) is 42.2 Å². The van der Waals surface area contributed by atoms with Crippen molar-refractivity contribution in [3.63, 3.8) is 0 Å². The zero-order valence-corrected chi connectivity index (χ0v) is 12.4. The fourth-order valence-corrected chi connectivity index (χ4v) is 2.62. The number of carbonyl (C=O) groups excluding carboxylic acids is 1. The Labute approximate surface area is 126 Å². The molecule has 1 unspecified atom stereocenters. The van der Waals surface area contributed by atoms with Gasteiger partial charge in [-0.15, -0.1) is 0 Å². The van der Waals surface area contributed by atoms with Gasteiger partial charge in [0, 0.05) is 6.54 Å². The summed E-state index contributed by atoms with van der Waals surface area (Å²) in [5.41, 5.74) is 0.207. The van der Waals surface area contributed by atoms with Gasteiger partial charge in [0.05, 0.1) is 28.8 Å². The molecule has 1 fully saturated rings. The SMILES string of the molecule is CCOc1c(C(C)=O)cc(Cl)c(F)c1C1CCN1C(=O)O. The van der Waals surface area contributed by atoms with Crippen molar-refractivity contribution in [2.45, 2.75) is 26.3 Å². The molecule has 1 N–H and O–H groups in total. The third-order valence-electron chi connectivity index (χ3n) is 3.47. The van der Waals surface area contributed by atoms with Crippen molar-refractivity contribution in [2.75, 3.05) is 13.2 Å². The predicted octanol–water partition coefficient (Wildman–Crippen LogP) is 3.51. The molecule has 2 rings (SSSR count). The monoisotopic (exact) mass is 315 g/mol. The van der Waals surface area contributed by atoms with E-state index in [-0.39, 0.29) is 34.3 Å². The van der Waals surface area contributed by atoms with Crippen LogP contribution in [0.3, 0.4) is 0 Å². The number of ketones is 1. The van der Waals surface area contributed by atoms with Crippen LogP contribution in [-0.4, -0.2) is 35.0 Å². The van der Waals surface area contributed by atoms with E-state index < -0.39 is 18.0 Å². The minimum absolute atomic E-state index is 0.0446. The molecule has 21 heavy (non-hydrogen) atoms. The molecule has 0 aromatic heterocycles. The first-order chi connectivity index (χ1) is 9.88. The van der Waals surface area contributed by atoms with Crippen LogP contribution in [0, 0.1) is 5.82 Å². The molecule has 114 valence electrons. The normalized spacial score (nSPS) is 17.3. The molecule has 0 radical (unpaired) electrons. The number of carbonyl (C=O) groups is 2. The fraction of sp³-hybridized carbons (Fsp3) is 0.429. The number of carboxylic acid groups (broad SMARTS) is 1. The molecule has 1 aliphatic rings. The van der Waals surface area contributed by atoms with Gasteiger partial charge < -0.3 is 14.7 Å². The van der Waals surface area contributed by atoms with Crippen molar-refractivity contribution in [3.8, 4) is 5.75 Å². The van der Waals surface area contributed by atoms with Gasteiger partial charge in [0.1, 0.15) is 5.75 Å². The molecule has 0 bridgehead atoms. The summed E-state index contributed by atoms with van der Waals surface area (Å²) in [7, 11) is 0. The average molecular weight is 316 g/mol. The predicted molar refractivity (Wildman–Crippen MR) is 74.7 cm³/mol. The first kappa shape index (κ1) is 15.6. The van der Waals surface area contributed by atoms with Crippen molar-refractivity contribution in [3.05, 3.63) is 28.0 Å². The van der Waals surface area contributed by atoms with E-state index in [0.717, 1.165) is 4.90 Å². The third kappa shape index (κ3) is 2.68. The van der Waals surface area contributed by atoms with Crippen LogP contribution in [0.15, 0.2) is 6.07 Å². The summed E-state index contributed by atoms with van der Waals surface area (Å²) in [4.78, 5) is 23.9. The van der Waals surface area contributed by atoms with E-state index in [1.807, 2.05) is 0 Å². The summed E-state index contributed by atoms with van der Waals surface area (Å²) in [6.45, 7) is 3.57. The Hall–Kier alpha value is -1.82. The van der Waals surface area contributed by atoms with Crippen LogP contribution >= 0.6 is 11.6 Å². The molecule has 1 amide bonds. The van der Waals surface area contributed by atoms with Gasteiger partial charge in [-0.25, -0.2) is 9.18 Å². The van der Waals surface area contributed by atoms with Gasteiger partial charge in [0.25, 0.3) is 0 Å². The van der Waals surface area contributed by atoms with Gasteiger partial charge in [-0.05, 0) is 26.3 Å². The van der Waals surface area contributed by atoms with Crippen molar-refractivity contribution >= 4 is 23.5 Å². The van der Waals surface area contributed by atoms with E-state index in [9.17, 15) is 14.0 Å². The molecular formula is C14H15ClFNO4. The van der Waals surface area contributed by atoms with Gasteiger partial charge in [-0.2, -0.15) is 0 Å². The largest absolute Gasteiger partial charge is 0.493 e. The van der Waals surface area contributed by atoms with Crippen LogP contribution < -0.4 is 4.74 Å². The van der Waals surface area contributed by atoms with Crippen LogP contribution in [0.4, 0.5) is 9.18 Å². The van der Waals surface area contributed by atoms with E-state index in [1.54, 1.807) is 6.92 Å². The second kappa shape index (κ2) is 5.89. The number of rotatable bonds is 4. The number of Topliss-reactive ketones (excluding diaryl/α,β-unsaturated/α-hetero) is 1. The van der Waals surface area contributed by atoms with E-state index in [4.69, 9.17) is 21.4 Å². The van der Waals surface area contributed by atoms with Crippen LogP contribution in [0.2, 0.25) is 5.02 Å². The zero-order chi connectivity index (χ0) is 15.7. The fourth-order valence-electron chi connectivity index (χ4n) is 2.40. The maximum atomic E-state index is 14.4. The highest BCUT2D eigenvalue weighted by molar-refractivity contribution is 6.31. The molecule has 0 spiro atoms. The van der Waals surface area contributed by atoms with Gasteiger partial charge in [0.15, 0.2) is 11.6 Å². The lowest BCUT2D eigenvalue weighted by Crippen LogP contribution is -2.45. The Morgan fingerprint density at radius 1 is 1.57 bits per heavy atom. The standard InChI is InChI=1S/C14H15ClFNO4/c1-3-21-13-8(7(2)18)6-9(15)12(16)11(13)10-4-5-17(10)14(19)20/h6,10H,3-5H2,1-2H3,(H,19,20). The summed E-state index contributed by atoms with van der Waals surface area (Å²) >= 11 is 5.84. The molecule has 0 aliphatic carbocycles. The van der Waals surface area contributed by atoms with Crippen LogP contribution in [0.5, 0.6) is 5.75 Å². The lowest BCUT2D eigenvalue weighted by molar-refractivity contribution is 0.0722. The zero-order valence-electron chi connectivity index (χ0n) is 11.7. The van der Waals surface area contributed by atoms with Gasteiger partial charge in [0.2, 0.25) is 0 Å². The second-order valence-electron chi connectivity index (χ2n) is 4.73. The molecule has 1 aromatic carbocycles. The molecule has 1 aliphatic heterocycles. The van der Waals surface area contributed by atoms with Crippen LogP contribution in [0.25, 0.3) is 0 Å². The highest BCUT2D eigenvalue weighted by atomic mass is 35.5. The Morgan fingerprint density at radius 3 is 2.67 bits per heavy atom. The first-order valence-electron chi connectivity index (χ1n) is 6.53. The Kier molecular flexibility index (Phi) is 4.37. The number of nitrogens with zero attached hydrogens (tertiary/aromatic N) is 1. The highest BCUT2D eigenvalue weighted by Crippen LogP contribution is 2.43. The number of ether oxygens (including phenoxy) is 1. The quantitative estimate of drug-likeness (QED) is 0.863. The van der Waals surface area contributed by atoms with Crippen molar-refractivity contribution in [1.82, 2.24) is 4.90 Å². The summed E-state index contributed by atoms with van der Waals surface area (Å²) < 4.78 is 19.8. The van der Waals surface area contributed by atoms with Crippen molar-refractivity contribution < 1.29 is 23.8 Å². The van der Waals surface area contributed by atoms with E-state index in [2.05, 4.69) is 0 Å². The molecule has 1 atom stereocenters. The highest BCUT2D eigenvalue weighted by Gasteiger charge is 2.39. The lowest BCUT2D eigenvalue weighted by Gasteiger charge is -2.40. The number of amides is 1. The van der Waals surface area contributed by atoms with Gasteiger partial charge in [-0.1, -0.05) is 11.6 Å². The van der Waals surface area contributed by atoms with Crippen LogP contribution in [-0.2, 0) is 0 Å². The molecule has 5 nitrogen and oxygen atoms in total. The molecule has 1 aromatic rings. The maximum absolute atomic E-state index is 14.4. The molecule has 0 saturated carbocycles. The number of likely N-dealkylation sites (tertiary alicyclic amines) is 1. The summed E-state index contributed by atoms with van der Waals surface area (Å²) in [5.74, 6) is -0.966. The smallest absolute Gasteiger partial charge is 0.407 e. The Morgan fingerprint density at radius 2 is 2.24 bits per heavy atom. The van der Waals surface area contributed by atoms with E-state index >= 15 is 0 Å². The number of benzene rings is 1. The Balaban J connectivity index is 2.62. The van der Waals surface area contributed by atoms with Crippen molar-refractivity contribution in [1.29, 1.82) is 0 Å². The Bertz CT molecular complexity index is 605. The summed E-state index contributed by atoms with van der Waals surface area (Å²) in [6, 6.07) is 0.540. The van der Waals surface area contributed by atoms with Crippen molar-refractivity contribution in [2.24, 2.45) is 0 Å². The maximum Gasteiger partial charge on any atom is 0.407 e. The minimum atomic E-state index is -1.14. The third-order valence-corrected chi connectivity index (χ3v) is 3.75. The van der Waals surface area contributed by atoms with E-state index in [0.29, 0.717) is 13.0 Å². The van der Waals surface area contributed by atoms with Gasteiger partial charge in [-0.3, -0.25) is 4.79 Å². The number of halogens is 2. The second-order valence-corrected chi connectivity index (χ2v) is 5.14. The minimum Gasteiger partial charge on any atom is -0.493 e. The molecule has 1 heterocycles. The van der Waals surface area contributed by atoms with Gasteiger partial charge >= 0.3 is 6.09 Å². The molecule has 1 saturated heterocycles.